The van der Waals surface area contributed by atoms with Crippen LogP contribution >= 0.6 is 11.6 Å². The van der Waals surface area contributed by atoms with E-state index in [1.807, 2.05) is 4.90 Å². The molecule has 1 aromatic heterocycles. The molecule has 36 heavy (non-hydrogen) atoms. The van der Waals surface area contributed by atoms with Gasteiger partial charge in [-0.1, -0.05) is 16.2 Å². The molecule has 0 unspecified atom stereocenters. The lowest BCUT2D eigenvalue weighted by Crippen LogP contribution is -2.63. The summed E-state index contributed by atoms with van der Waals surface area (Å²) in [7, 11) is 1.55. The fraction of sp³-hybridized carbons (Fsp3) is 0.400. The minimum atomic E-state index is -0.504. The van der Waals surface area contributed by atoms with Crippen molar-refractivity contribution in [1.82, 2.24) is 14.9 Å². The lowest BCUT2D eigenvalue weighted by Gasteiger charge is -2.39. The number of quaternary nitrogens is 1. The van der Waals surface area contributed by atoms with E-state index in [1.165, 1.54) is 18.5 Å². The maximum absolute atomic E-state index is 13.7. The summed E-state index contributed by atoms with van der Waals surface area (Å²) >= 11 is 5.95. The molecular formula is C25H28ClFN5O4+. The van der Waals surface area contributed by atoms with Crippen LogP contribution in [0.3, 0.4) is 0 Å². The highest BCUT2D eigenvalue weighted by Crippen LogP contribution is 2.38. The molecule has 11 heteroatoms. The number of benzene rings is 2. The topological polar surface area (TPSA) is 85.8 Å². The third-order valence-electron chi connectivity index (χ3n) is 6.55. The van der Waals surface area contributed by atoms with E-state index in [0.717, 1.165) is 19.3 Å². The van der Waals surface area contributed by atoms with Gasteiger partial charge in [-0.3, -0.25) is 4.90 Å². The zero-order chi connectivity index (χ0) is 25.1. The van der Waals surface area contributed by atoms with Gasteiger partial charge in [0.1, 0.15) is 31.1 Å². The number of fused-ring (bicyclic) bond motifs is 1. The van der Waals surface area contributed by atoms with Crippen molar-refractivity contribution in [2.24, 2.45) is 0 Å². The number of anilines is 2. The van der Waals surface area contributed by atoms with Crippen molar-refractivity contribution in [1.29, 1.82) is 0 Å². The Labute approximate surface area is 213 Å². The fourth-order valence-electron chi connectivity index (χ4n) is 4.65. The molecule has 190 valence electrons. The monoisotopic (exact) mass is 516 g/mol. The van der Waals surface area contributed by atoms with E-state index in [-0.39, 0.29) is 15.7 Å². The van der Waals surface area contributed by atoms with Crippen molar-refractivity contribution in [3.05, 3.63) is 47.5 Å². The number of piperidine rings is 1. The molecule has 2 aliphatic heterocycles. The van der Waals surface area contributed by atoms with Gasteiger partial charge in [0.05, 0.1) is 30.9 Å². The number of methoxy groups -OCH3 is 1. The molecule has 0 spiro atoms. The number of aromatic nitrogens is 2. The van der Waals surface area contributed by atoms with Gasteiger partial charge in [0, 0.05) is 49.1 Å². The summed E-state index contributed by atoms with van der Waals surface area (Å²) in [6, 6.07) is 7.82. The number of hydrogen-bond acceptors (Lipinski definition) is 7. The predicted molar refractivity (Wildman–Crippen MR) is 133 cm³/mol. The molecule has 0 saturated carbocycles. The number of hydrogen-bond donors (Lipinski definition) is 1. The van der Waals surface area contributed by atoms with Crippen molar-refractivity contribution >= 4 is 40.0 Å². The van der Waals surface area contributed by atoms with Crippen molar-refractivity contribution in [3.63, 3.8) is 0 Å². The highest BCUT2D eigenvalue weighted by Gasteiger charge is 2.46. The first-order valence-electron chi connectivity index (χ1n) is 12.0. The summed E-state index contributed by atoms with van der Waals surface area (Å²) in [6.45, 7) is 3.26. The maximum atomic E-state index is 13.7. The largest absolute Gasteiger partial charge is 0.492 e. The van der Waals surface area contributed by atoms with Gasteiger partial charge >= 0.3 is 6.03 Å². The van der Waals surface area contributed by atoms with Crippen molar-refractivity contribution in [2.45, 2.75) is 19.3 Å². The lowest BCUT2D eigenvalue weighted by molar-refractivity contribution is -1.02. The Balaban J connectivity index is 1.52. The van der Waals surface area contributed by atoms with Gasteiger partial charge in [-0.15, -0.1) is 0 Å². The highest BCUT2D eigenvalue weighted by molar-refractivity contribution is 6.31. The first kappa shape index (κ1) is 24.5. The Kier molecular flexibility index (Phi) is 7.08. The predicted octanol–water partition coefficient (Wildman–Crippen LogP) is 4.92. The number of urea groups is 1. The average Bonchev–Trinajstić information content (AvgIpc) is 2.91. The molecule has 0 bridgehead atoms. The third-order valence-corrected chi connectivity index (χ3v) is 6.83. The number of nitrogens with one attached hydrogen (secondary N) is 1. The van der Waals surface area contributed by atoms with Crippen LogP contribution in [0.4, 0.5) is 20.7 Å². The van der Waals surface area contributed by atoms with Crippen LogP contribution in [0.15, 0.2) is 36.7 Å². The molecule has 5 rings (SSSR count). The third kappa shape index (κ3) is 4.88. The van der Waals surface area contributed by atoms with Gasteiger partial charge in [-0.25, -0.2) is 19.2 Å². The Hall–Kier alpha value is -3.21. The molecule has 2 amide bonds. The van der Waals surface area contributed by atoms with Crippen LogP contribution in [0.25, 0.3) is 10.9 Å². The normalized spacial score (nSPS) is 17.6. The molecule has 0 radical (unpaired) electrons. The number of morpholine rings is 1. The van der Waals surface area contributed by atoms with Crippen molar-refractivity contribution in [2.75, 3.05) is 51.8 Å². The second kappa shape index (κ2) is 10.4. The van der Waals surface area contributed by atoms with Crippen LogP contribution in [0.2, 0.25) is 5.02 Å². The zero-order valence-electron chi connectivity index (χ0n) is 20.0. The Morgan fingerprint density at radius 2 is 1.89 bits per heavy atom. The van der Waals surface area contributed by atoms with Gasteiger partial charge in [0.25, 0.3) is 0 Å². The van der Waals surface area contributed by atoms with E-state index in [9.17, 15) is 9.18 Å². The number of carbonyl (C=O) groups excluding carboxylic acids is 1. The van der Waals surface area contributed by atoms with E-state index < -0.39 is 5.82 Å². The van der Waals surface area contributed by atoms with E-state index in [0.29, 0.717) is 73.3 Å². The molecule has 2 aliphatic rings. The zero-order valence-corrected chi connectivity index (χ0v) is 20.8. The number of nitrogens with zero attached hydrogens (tertiary/aromatic N) is 4. The number of likely N-dealkylation sites (tertiary alicyclic amines) is 1. The van der Waals surface area contributed by atoms with Gasteiger partial charge in [0.2, 0.25) is 5.75 Å². The summed E-state index contributed by atoms with van der Waals surface area (Å²) in [4.78, 5) is 30.8. The first-order valence-corrected chi connectivity index (χ1v) is 12.4. The molecule has 2 saturated heterocycles. The second-order valence-corrected chi connectivity index (χ2v) is 9.27. The first-order chi connectivity index (χ1) is 17.5. The summed E-state index contributed by atoms with van der Waals surface area (Å²) in [5.74, 6) is 0.869. The van der Waals surface area contributed by atoms with Crippen LogP contribution < -0.4 is 14.9 Å². The van der Waals surface area contributed by atoms with Gasteiger partial charge < -0.3 is 19.6 Å². The summed E-state index contributed by atoms with van der Waals surface area (Å²) in [6.07, 6.45) is 4.24. The van der Waals surface area contributed by atoms with Crippen molar-refractivity contribution in [3.8, 4) is 11.5 Å². The van der Waals surface area contributed by atoms with E-state index in [2.05, 4.69) is 15.3 Å². The van der Waals surface area contributed by atoms with Crippen LogP contribution in [0, 0.1) is 5.82 Å². The van der Waals surface area contributed by atoms with E-state index >= 15 is 0 Å². The van der Waals surface area contributed by atoms with Crippen LogP contribution in [-0.4, -0.2) is 72.0 Å². The number of rotatable bonds is 5. The van der Waals surface area contributed by atoms with Crippen LogP contribution in [0.5, 0.6) is 11.5 Å². The Morgan fingerprint density at radius 1 is 1.11 bits per heavy atom. The molecule has 2 fully saturated rings. The number of hydroxylamine groups is 3. The molecule has 0 aliphatic carbocycles. The summed E-state index contributed by atoms with van der Waals surface area (Å²) in [5.41, 5.74) is 1.19. The molecule has 1 N–H and O–H groups in total. The Morgan fingerprint density at radius 3 is 2.61 bits per heavy atom. The lowest BCUT2D eigenvalue weighted by atomic mass is 10.1. The molecule has 9 nitrogen and oxygen atoms in total. The molecule has 3 heterocycles. The summed E-state index contributed by atoms with van der Waals surface area (Å²) in [5, 5.41) is 3.83. The van der Waals surface area contributed by atoms with Crippen molar-refractivity contribution < 1.29 is 28.1 Å². The van der Waals surface area contributed by atoms with Gasteiger partial charge in [-0.05, 0) is 24.6 Å². The quantitative estimate of drug-likeness (QED) is 0.482. The van der Waals surface area contributed by atoms with E-state index in [4.69, 9.17) is 25.9 Å². The molecule has 0 atom stereocenters. The molecule has 2 aromatic carbocycles. The standard InChI is InChI=1S/C25H28ClFN5O4/c1-34-22-15-21-18(24(29-16-28-21)30-17-5-6-20(27)19(26)13-17)14-23(22)36-32(9-3-2-4-10-32)25(33)31-7-11-35-12-8-31/h5-6,13-16H,2-4,7-12H2,1H3,(H,28,29,30)/q+1. The van der Waals surface area contributed by atoms with Gasteiger partial charge in [-0.2, -0.15) is 0 Å². The van der Waals surface area contributed by atoms with Gasteiger partial charge in [0.15, 0.2) is 5.75 Å². The number of carbonyl (C=O) groups is 1. The summed E-state index contributed by atoms with van der Waals surface area (Å²) < 4.78 is 24.6. The SMILES string of the molecule is COc1cc2ncnc(Nc3ccc(F)c(Cl)c3)c2cc1O[N+]1(C(=O)N2CCOCC2)CCCCC1. The number of ether oxygens (including phenoxy) is 2. The van der Waals surface area contributed by atoms with Crippen LogP contribution in [-0.2, 0) is 4.74 Å². The number of amides is 2. The van der Waals surface area contributed by atoms with Crippen LogP contribution in [0.1, 0.15) is 19.3 Å². The smallest absolute Gasteiger partial charge is 0.460 e. The minimum absolute atomic E-state index is 0.00205. The maximum Gasteiger partial charge on any atom is 0.460 e. The van der Waals surface area contributed by atoms with E-state index in [1.54, 1.807) is 25.3 Å². The molecule has 3 aromatic rings. The fourth-order valence-corrected chi connectivity index (χ4v) is 4.83. The Bertz CT molecular complexity index is 1260. The number of halogens is 2. The minimum Gasteiger partial charge on any atom is -0.492 e. The average molecular weight is 517 g/mol. The highest BCUT2D eigenvalue weighted by atomic mass is 35.5. The second-order valence-electron chi connectivity index (χ2n) is 8.87. The molecular weight excluding hydrogens is 489 g/mol.